The van der Waals surface area contributed by atoms with Crippen LogP contribution in [0.3, 0.4) is 0 Å². The third-order valence-electron chi connectivity index (χ3n) is 6.37. The van der Waals surface area contributed by atoms with Gasteiger partial charge in [-0.1, -0.05) is 12.8 Å². The van der Waals surface area contributed by atoms with E-state index in [1.54, 1.807) is 10.9 Å². The molecule has 0 radical (unpaired) electrons. The zero-order chi connectivity index (χ0) is 22.3. The van der Waals surface area contributed by atoms with Gasteiger partial charge in [0.2, 0.25) is 0 Å². The number of hydrogen-bond donors (Lipinski definition) is 3. The predicted molar refractivity (Wildman–Crippen MR) is 119 cm³/mol. The van der Waals surface area contributed by atoms with Crippen molar-refractivity contribution in [1.29, 1.82) is 5.26 Å². The summed E-state index contributed by atoms with van der Waals surface area (Å²) in [5, 5.41) is 27.5. The van der Waals surface area contributed by atoms with Crippen LogP contribution >= 0.6 is 0 Å². The predicted octanol–water partition coefficient (Wildman–Crippen LogP) is 3.49. The number of nitrogens with zero attached hydrogens (tertiary/aromatic N) is 3. The van der Waals surface area contributed by atoms with Crippen LogP contribution in [0, 0.1) is 24.2 Å². The van der Waals surface area contributed by atoms with E-state index in [0.717, 1.165) is 53.5 Å². The summed E-state index contributed by atoms with van der Waals surface area (Å²) >= 11 is 0. The molecule has 0 bridgehead atoms. The monoisotopic (exact) mass is 419 g/mol. The average molecular weight is 419 g/mol. The minimum Gasteiger partial charge on any atom is -0.532 e. The fourth-order valence-corrected chi connectivity index (χ4v) is 4.43. The second kappa shape index (κ2) is 8.12. The van der Waals surface area contributed by atoms with Crippen LogP contribution in [0.4, 0.5) is 11.5 Å². The minimum absolute atomic E-state index is 0.0691. The van der Waals surface area contributed by atoms with Crippen molar-refractivity contribution in [3.05, 3.63) is 40.5 Å². The van der Waals surface area contributed by atoms with E-state index >= 15 is 0 Å². The number of nitriles is 1. The van der Waals surface area contributed by atoms with E-state index < -0.39 is 13.0 Å². The highest BCUT2D eigenvalue weighted by Crippen LogP contribution is 2.39. The standard InChI is InChI=1S/C22H26BN5O3/c1-12-8-16(9-17-13(2)14(3)23(30)31-20(12)17)26-22-18(21(25)29)11-28(27-22)19-7-5-4-6-15(19)10-24/h8-9,11,15,19,30H,4-7H2,1-3H3,(H2,25,29)(H,26,27)/t15-,19+/m1/s1. The maximum Gasteiger partial charge on any atom is 0.555 e. The number of aryl methyl sites for hydroxylation is 1. The zero-order valence-electron chi connectivity index (χ0n) is 18.0. The third-order valence-corrected chi connectivity index (χ3v) is 6.37. The molecule has 0 spiro atoms. The molecular formula is C22H26BN5O3. The number of aromatic nitrogens is 2. The fraction of sp³-hybridized carbons (Fsp3) is 0.409. The Hall–Kier alpha value is -3.25. The van der Waals surface area contributed by atoms with Crippen LogP contribution in [0.15, 0.2) is 23.8 Å². The fourth-order valence-electron chi connectivity index (χ4n) is 4.43. The summed E-state index contributed by atoms with van der Waals surface area (Å²) in [7, 11) is -0.953. The van der Waals surface area contributed by atoms with Gasteiger partial charge in [-0.3, -0.25) is 9.48 Å². The van der Waals surface area contributed by atoms with Gasteiger partial charge in [0.05, 0.1) is 18.0 Å². The van der Waals surface area contributed by atoms with Gasteiger partial charge in [-0.05, 0) is 62.4 Å². The van der Waals surface area contributed by atoms with Gasteiger partial charge in [0.25, 0.3) is 5.91 Å². The van der Waals surface area contributed by atoms with Crippen molar-refractivity contribution in [2.45, 2.75) is 52.5 Å². The molecule has 1 aromatic heterocycles. The average Bonchev–Trinajstić information content (AvgIpc) is 3.17. The Balaban J connectivity index is 1.71. The van der Waals surface area contributed by atoms with Crippen LogP contribution in [0.2, 0.25) is 0 Å². The number of fused-ring (bicyclic) bond motifs is 1. The molecule has 1 saturated carbocycles. The molecule has 160 valence electrons. The number of carbonyl (C=O) groups excluding carboxylic acids is 1. The molecule has 0 saturated heterocycles. The molecule has 4 rings (SSSR count). The summed E-state index contributed by atoms with van der Waals surface area (Å²) in [4.78, 5) is 12.1. The number of benzene rings is 1. The van der Waals surface area contributed by atoms with Crippen molar-refractivity contribution in [2.24, 2.45) is 11.7 Å². The highest BCUT2D eigenvalue weighted by atomic mass is 16.5. The molecule has 2 atom stereocenters. The Labute approximate surface area is 181 Å². The Morgan fingerprint density at radius 1 is 1.35 bits per heavy atom. The molecule has 2 aliphatic rings. The van der Waals surface area contributed by atoms with E-state index in [1.165, 1.54) is 0 Å². The number of nitrogens with two attached hydrogens (primary N) is 1. The quantitative estimate of drug-likeness (QED) is 0.652. The molecule has 2 heterocycles. The van der Waals surface area contributed by atoms with Crippen LogP contribution in [-0.4, -0.2) is 27.8 Å². The van der Waals surface area contributed by atoms with Gasteiger partial charge in [-0.2, -0.15) is 10.4 Å². The van der Waals surface area contributed by atoms with Crippen LogP contribution in [0.5, 0.6) is 5.75 Å². The molecule has 1 aliphatic carbocycles. The lowest BCUT2D eigenvalue weighted by Gasteiger charge is -2.26. The molecule has 1 aromatic carbocycles. The Kier molecular flexibility index (Phi) is 5.50. The molecular weight excluding hydrogens is 393 g/mol. The molecule has 1 amide bonds. The summed E-state index contributed by atoms with van der Waals surface area (Å²) in [6.07, 6.45) is 5.37. The van der Waals surface area contributed by atoms with E-state index in [9.17, 15) is 15.1 Å². The van der Waals surface area contributed by atoms with Crippen molar-refractivity contribution in [2.75, 3.05) is 5.32 Å². The van der Waals surface area contributed by atoms with E-state index in [0.29, 0.717) is 11.6 Å². The number of allylic oxidation sites excluding steroid dienone is 2. The normalized spacial score (nSPS) is 20.7. The number of primary amides is 1. The van der Waals surface area contributed by atoms with Gasteiger partial charge in [-0.15, -0.1) is 0 Å². The first-order valence-electron chi connectivity index (χ1n) is 10.5. The first-order valence-corrected chi connectivity index (χ1v) is 10.5. The number of amides is 1. The SMILES string of the molecule is CC1=C(C)c2cc(Nc3nn([C@H]4CCCC[C@@H]4C#N)cc3C(N)=O)cc(C)c2OB1O. The second-order valence-corrected chi connectivity index (χ2v) is 8.40. The number of carbonyl (C=O) groups is 1. The summed E-state index contributed by atoms with van der Waals surface area (Å²) in [5.74, 6) is 0.295. The van der Waals surface area contributed by atoms with Gasteiger partial charge in [0.1, 0.15) is 11.3 Å². The lowest BCUT2D eigenvalue weighted by Crippen LogP contribution is -2.28. The summed E-state index contributed by atoms with van der Waals surface area (Å²) in [6.45, 7) is 5.68. The van der Waals surface area contributed by atoms with E-state index in [4.69, 9.17) is 10.4 Å². The topological polar surface area (TPSA) is 126 Å². The largest absolute Gasteiger partial charge is 0.555 e. The lowest BCUT2D eigenvalue weighted by molar-refractivity contribution is 0.100. The first kappa shape index (κ1) is 21.0. The molecule has 0 unspecified atom stereocenters. The number of anilines is 2. The van der Waals surface area contributed by atoms with Gasteiger partial charge in [-0.25, -0.2) is 0 Å². The zero-order valence-corrected chi connectivity index (χ0v) is 18.0. The van der Waals surface area contributed by atoms with Gasteiger partial charge >= 0.3 is 7.12 Å². The van der Waals surface area contributed by atoms with Crippen LogP contribution in [-0.2, 0) is 0 Å². The summed E-state index contributed by atoms with van der Waals surface area (Å²) in [6, 6.07) is 6.10. The molecule has 4 N–H and O–H groups in total. The number of hydrogen-bond acceptors (Lipinski definition) is 6. The van der Waals surface area contributed by atoms with Gasteiger partial charge in [0.15, 0.2) is 5.82 Å². The second-order valence-electron chi connectivity index (χ2n) is 8.40. The van der Waals surface area contributed by atoms with Crippen LogP contribution in [0.25, 0.3) is 5.57 Å². The Morgan fingerprint density at radius 2 is 2.10 bits per heavy atom. The van der Waals surface area contributed by atoms with Crippen molar-refractivity contribution < 1.29 is 14.5 Å². The van der Waals surface area contributed by atoms with Crippen molar-refractivity contribution in [3.8, 4) is 11.8 Å². The maximum absolute atomic E-state index is 12.1. The Bertz CT molecular complexity index is 1120. The third kappa shape index (κ3) is 3.79. The number of rotatable bonds is 4. The van der Waals surface area contributed by atoms with E-state index in [2.05, 4.69) is 16.5 Å². The smallest absolute Gasteiger partial charge is 0.532 e. The first-order chi connectivity index (χ1) is 14.8. The summed E-state index contributed by atoms with van der Waals surface area (Å²) < 4.78 is 7.38. The summed E-state index contributed by atoms with van der Waals surface area (Å²) in [5.41, 5.74) is 10.1. The van der Waals surface area contributed by atoms with Gasteiger partial charge in [0, 0.05) is 17.4 Å². The van der Waals surface area contributed by atoms with E-state index in [-0.39, 0.29) is 17.5 Å². The van der Waals surface area contributed by atoms with Crippen LogP contribution < -0.4 is 15.7 Å². The maximum atomic E-state index is 12.1. The van der Waals surface area contributed by atoms with Gasteiger partial charge < -0.3 is 20.7 Å². The molecule has 9 heteroatoms. The number of nitrogens with one attached hydrogen (secondary N) is 1. The molecule has 8 nitrogen and oxygen atoms in total. The highest BCUT2D eigenvalue weighted by Gasteiger charge is 2.31. The van der Waals surface area contributed by atoms with Crippen molar-refractivity contribution in [1.82, 2.24) is 9.78 Å². The molecule has 1 fully saturated rings. The highest BCUT2D eigenvalue weighted by molar-refractivity contribution is 6.55. The lowest BCUT2D eigenvalue weighted by atomic mass is 9.73. The minimum atomic E-state index is -0.953. The molecule has 1 aliphatic heterocycles. The molecule has 31 heavy (non-hydrogen) atoms. The van der Waals surface area contributed by atoms with Crippen LogP contribution in [0.1, 0.15) is 67.1 Å². The van der Waals surface area contributed by atoms with Crippen molar-refractivity contribution in [3.63, 3.8) is 0 Å². The molecule has 2 aromatic rings. The Morgan fingerprint density at radius 3 is 2.81 bits per heavy atom. The van der Waals surface area contributed by atoms with E-state index in [1.807, 2.05) is 32.9 Å². The van der Waals surface area contributed by atoms with Crippen molar-refractivity contribution >= 4 is 30.1 Å².